The Morgan fingerprint density at radius 2 is 1.97 bits per heavy atom. The van der Waals surface area contributed by atoms with Crippen molar-refractivity contribution < 1.29 is 19.0 Å². The molecular weight excluding hydrogens is 440 g/mol. The Hall–Kier alpha value is -3.59. The summed E-state index contributed by atoms with van der Waals surface area (Å²) in [6.07, 6.45) is 2.16. The molecule has 9 heteroatoms. The SMILES string of the molecule is COc1ccc2nc(-n3ncc4c3NC(=O)C[C@@H]4c3ccc(OC(C)C)c(OC)c3)sc2c1. The monoisotopic (exact) mass is 464 g/mol. The maximum absolute atomic E-state index is 12.7. The topological polar surface area (TPSA) is 87.5 Å². The minimum Gasteiger partial charge on any atom is -0.497 e. The number of methoxy groups -OCH3 is 2. The summed E-state index contributed by atoms with van der Waals surface area (Å²) in [6, 6.07) is 11.5. The first-order chi connectivity index (χ1) is 16.0. The minimum absolute atomic E-state index is 0.0313. The molecule has 8 nitrogen and oxygen atoms in total. The van der Waals surface area contributed by atoms with Crippen LogP contribution in [0.25, 0.3) is 15.3 Å². The third-order valence-corrected chi connectivity index (χ3v) is 6.53. The number of anilines is 1. The molecule has 0 unspecified atom stereocenters. The first-order valence-electron chi connectivity index (χ1n) is 10.6. The van der Waals surface area contributed by atoms with E-state index in [0.717, 1.165) is 27.1 Å². The zero-order valence-corrected chi connectivity index (χ0v) is 19.6. The van der Waals surface area contributed by atoms with Crippen molar-refractivity contribution in [3.05, 3.63) is 53.7 Å². The number of thiazole rings is 1. The lowest BCUT2D eigenvalue weighted by Gasteiger charge is -2.24. The van der Waals surface area contributed by atoms with Gasteiger partial charge in [0.1, 0.15) is 11.6 Å². The Bertz CT molecular complexity index is 1340. The van der Waals surface area contributed by atoms with Crippen LogP contribution in [0.2, 0.25) is 0 Å². The Labute approximate surface area is 195 Å². The number of nitrogens with one attached hydrogen (secondary N) is 1. The third-order valence-electron chi connectivity index (χ3n) is 5.54. The molecule has 5 rings (SSSR count). The van der Waals surface area contributed by atoms with Crippen molar-refractivity contribution in [3.8, 4) is 22.4 Å². The number of benzene rings is 2. The average molecular weight is 465 g/mol. The number of fused-ring (bicyclic) bond motifs is 2. The number of carbonyl (C=O) groups is 1. The third kappa shape index (κ3) is 3.89. The van der Waals surface area contributed by atoms with E-state index >= 15 is 0 Å². The molecule has 1 N–H and O–H groups in total. The quantitative estimate of drug-likeness (QED) is 0.443. The van der Waals surface area contributed by atoms with Gasteiger partial charge in [-0.25, -0.2) is 4.98 Å². The van der Waals surface area contributed by atoms with Gasteiger partial charge in [-0.2, -0.15) is 9.78 Å². The fourth-order valence-electron chi connectivity index (χ4n) is 4.02. The van der Waals surface area contributed by atoms with Crippen LogP contribution < -0.4 is 19.5 Å². The van der Waals surface area contributed by atoms with Gasteiger partial charge in [-0.3, -0.25) is 4.79 Å². The van der Waals surface area contributed by atoms with Gasteiger partial charge in [0.05, 0.1) is 36.7 Å². The van der Waals surface area contributed by atoms with Crippen LogP contribution in [0.3, 0.4) is 0 Å². The summed E-state index contributed by atoms with van der Waals surface area (Å²) in [6.45, 7) is 3.94. The molecule has 2 aromatic carbocycles. The van der Waals surface area contributed by atoms with Crippen LogP contribution in [-0.4, -0.2) is 41.0 Å². The molecule has 170 valence electrons. The highest BCUT2D eigenvalue weighted by Gasteiger charge is 2.31. The lowest BCUT2D eigenvalue weighted by Crippen LogP contribution is -2.24. The number of hydrogen-bond donors (Lipinski definition) is 1. The number of rotatable bonds is 6. The van der Waals surface area contributed by atoms with Crippen LogP contribution in [0.5, 0.6) is 17.2 Å². The highest BCUT2D eigenvalue weighted by atomic mass is 32.1. The first-order valence-corrected chi connectivity index (χ1v) is 11.5. The van der Waals surface area contributed by atoms with Gasteiger partial charge in [-0.05, 0) is 49.7 Å². The van der Waals surface area contributed by atoms with E-state index in [2.05, 4.69) is 10.4 Å². The summed E-state index contributed by atoms with van der Waals surface area (Å²) in [5.74, 6) is 2.51. The molecule has 0 saturated heterocycles. The molecule has 3 heterocycles. The van der Waals surface area contributed by atoms with Crippen LogP contribution in [0, 0.1) is 0 Å². The summed E-state index contributed by atoms with van der Waals surface area (Å²) >= 11 is 1.49. The zero-order valence-electron chi connectivity index (χ0n) is 18.8. The second-order valence-electron chi connectivity index (χ2n) is 8.07. The Morgan fingerprint density at radius 3 is 2.73 bits per heavy atom. The Kier molecular flexibility index (Phi) is 5.41. The number of hydrogen-bond acceptors (Lipinski definition) is 7. The van der Waals surface area contributed by atoms with Gasteiger partial charge in [0, 0.05) is 17.9 Å². The molecule has 0 radical (unpaired) electrons. The first kappa shape index (κ1) is 21.3. The molecule has 0 spiro atoms. The summed E-state index contributed by atoms with van der Waals surface area (Å²) < 4.78 is 19.4. The highest BCUT2D eigenvalue weighted by molar-refractivity contribution is 7.20. The van der Waals surface area contributed by atoms with E-state index in [4.69, 9.17) is 19.2 Å². The molecule has 0 bridgehead atoms. The number of aromatic nitrogens is 3. The van der Waals surface area contributed by atoms with Crippen LogP contribution >= 0.6 is 11.3 Å². The number of ether oxygens (including phenoxy) is 3. The van der Waals surface area contributed by atoms with Gasteiger partial charge >= 0.3 is 0 Å². The van der Waals surface area contributed by atoms with Crippen molar-refractivity contribution in [2.45, 2.75) is 32.3 Å². The second-order valence-corrected chi connectivity index (χ2v) is 9.08. The van der Waals surface area contributed by atoms with Crippen molar-refractivity contribution in [2.24, 2.45) is 0 Å². The summed E-state index contributed by atoms with van der Waals surface area (Å²) in [5, 5.41) is 8.24. The molecule has 1 amide bonds. The van der Waals surface area contributed by atoms with Crippen molar-refractivity contribution in [1.82, 2.24) is 14.8 Å². The van der Waals surface area contributed by atoms with Crippen molar-refractivity contribution in [1.29, 1.82) is 0 Å². The van der Waals surface area contributed by atoms with E-state index in [-0.39, 0.29) is 17.9 Å². The minimum atomic E-state index is -0.154. The highest BCUT2D eigenvalue weighted by Crippen LogP contribution is 2.41. The fourth-order valence-corrected chi connectivity index (χ4v) is 4.98. The number of amides is 1. The van der Waals surface area contributed by atoms with Crippen LogP contribution in [0.15, 0.2) is 42.6 Å². The molecule has 0 aliphatic carbocycles. The van der Waals surface area contributed by atoms with Crippen molar-refractivity contribution >= 4 is 33.3 Å². The predicted octanol–water partition coefficient (Wildman–Crippen LogP) is 4.76. The van der Waals surface area contributed by atoms with Crippen molar-refractivity contribution in [2.75, 3.05) is 19.5 Å². The van der Waals surface area contributed by atoms with E-state index < -0.39 is 0 Å². The van der Waals surface area contributed by atoms with E-state index in [0.29, 0.717) is 28.9 Å². The predicted molar refractivity (Wildman–Crippen MR) is 127 cm³/mol. The molecular formula is C24H24N4O4S. The van der Waals surface area contributed by atoms with E-state index in [1.54, 1.807) is 25.1 Å². The second kappa shape index (κ2) is 8.40. The van der Waals surface area contributed by atoms with Gasteiger partial charge in [-0.15, -0.1) is 0 Å². The molecule has 0 fully saturated rings. The van der Waals surface area contributed by atoms with Gasteiger partial charge in [0.25, 0.3) is 0 Å². The van der Waals surface area contributed by atoms with Gasteiger partial charge in [-0.1, -0.05) is 17.4 Å². The van der Waals surface area contributed by atoms with Crippen molar-refractivity contribution in [3.63, 3.8) is 0 Å². The maximum atomic E-state index is 12.7. The normalized spacial score (nSPS) is 15.4. The Morgan fingerprint density at radius 1 is 1.12 bits per heavy atom. The molecule has 1 aliphatic heterocycles. The molecule has 33 heavy (non-hydrogen) atoms. The average Bonchev–Trinajstić information content (AvgIpc) is 3.41. The summed E-state index contributed by atoms with van der Waals surface area (Å²) in [4.78, 5) is 17.4. The summed E-state index contributed by atoms with van der Waals surface area (Å²) in [5.41, 5.74) is 2.75. The lowest BCUT2D eigenvalue weighted by atomic mass is 9.87. The van der Waals surface area contributed by atoms with E-state index in [1.165, 1.54) is 11.3 Å². The van der Waals surface area contributed by atoms with Gasteiger partial charge in [0.15, 0.2) is 11.5 Å². The van der Waals surface area contributed by atoms with Gasteiger partial charge in [0.2, 0.25) is 11.0 Å². The van der Waals surface area contributed by atoms with Crippen LogP contribution in [-0.2, 0) is 4.79 Å². The number of nitrogens with zero attached hydrogens (tertiary/aromatic N) is 3. The van der Waals surface area contributed by atoms with Gasteiger partial charge < -0.3 is 19.5 Å². The largest absolute Gasteiger partial charge is 0.497 e. The zero-order chi connectivity index (χ0) is 23.1. The van der Waals surface area contributed by atoms with Crippen LogP contribution in [0.1, 0.15) is 37.3 Å². The van der Waals surface area contributed by atoms with E-state index in [9.17, 15) is 4.79 Å². The summed E-state index contributed by atoms with van der Waals surface area (Å²) in [7, 11) is 3.25. The number of carbonyl (C=O) groups excluding carboxylic acids is 1. The van der Waals surface area contributed by atoms with E-state index in [1.807, 2.05) is 50.2 Å². The standard InChI is InChI=1S/C24H24N4O4S/c1-13(2)32-19-8-5-14(9-20(19)31-4)16-11-22(29)27-23-17(16)12-25-28(23)24-26-18-7-6-15(30-3)10-21(18)33-24/h5-10,12-13,16H,11H2,1-4H3,(H,27,29)/t16-/m1/s1. The fraction of sp³-hybridized carbons (Fsp3) is 0.292. The molecule has 2 aromatic heterocycles. The smallest absolute Gasteiger partial charge is 0.226 e. The molecule has 1 aliphatic rings. The molecule has 0 saturated carbocycles. The molecule has 1 atom stereocenters. The Balaban J connectivity index is 1.55. The molecule has 4 aromatic rings. The van der Waals surface area contributed by atoms with Crippen LogP contribution in [0.4, 0.5) is 5.82 Å². The maximum Gasteiger partial charge on any atom is 0.226 e. The lowest BCUT2D eigenvalue weighted by molar-refractivity contribution is -0.116.